The molecular formula is C19H29N5O. The Bertz CT molecular complexity index is 568. The van der Waals surface area contributed by atoms with E-state index in [1.807, 2.05) is 35.2 Å². The van der Waals surface area contributed by atoms with Crippen molar-refractivity contribution >= 4 is 12.2 Å². The van der Waals surface area contributed by atoms with Crippen molar-refractivity contribution in [2.24, 2.45) is 5.10 Å². The highest BCUT2D eigenvalue weighted by Gasteiger charge is 2.27. The first-order valence-electron chi connectivity index (χ1n) is 9.29. The SMILES string of the molecule is CN1CCN(CCCCN2CCN(N=Cc3ccccc3)C2=O)CC1. The van der Waals surface area contributed by atoms with Gasteiger partial charge in [0, 0.05) is 39.3 Å². The van der Waals surface area contributed by atoms with Crippen molar-refractivity contribution in [3.8, 4) is 0 Å². The van der Waals surface area contributed by atoms with Gasteiger partial charge in [-0.2, -0.15) is 5.10 Å². The summed E-state index contributed by atoms with van der Waals surface area (Å²) in [4.78, 5) is 19.2. The monoisotopic (exact) mass is 343 g/mol. The van der Waals surface area contributed by atoms with E-state index in [9.17, 15) is 4.79 Å². The third kappa shape index (κ3) is 5.28. The lowest BCUT2D eigenvalue weighted by atomic mass is 10.2. The van der Waals surface area contributed by atoms with E-state index in [4.69, 9.17) is 0 Å². The van der Waals surface area contributed by atoms with Crippen LogP contribution in [0.15, 0.2) is 35.4 Å². The molecule has 0 spiro atoms. The van der Waals surface area contributed by atoms with E-state index in [1.165, 1.54) is 26.2 Å². The van der Waals surface area contributed by atoms with Gasteiger partial charge in [0.15, 0.2) is 0 Å². The number of nitrogens with zero attached hydrogens (tertiary/aromatic N) is 5. The highest BCUT2D eigenvalue weighted by Crippen LogP contribution is 2.11. The Balaban J connectivity index is 1.35. The van der Waals surface area contributed by atoms with E-state index in [1.54, 1.807) is 11.2 Å². The van der Waals surface area contributed by atoms with Gasteiger partial charge in [0.1, 0.15) is 0 Å². The number of amides is 2. The maximum atomic E-state index is 12.4. The molecule has 2 aliphatic heterocycles. The molecule has 0 saturated carbocycles. The van der Waals surface area contributed by atoms with Crippen molar-refractivity contribution in [1.29, 1.82) is 0 Å². The van der Waals surface area contributed by atoms with Crippen LogP contribution in [0.5, 0.6) is 0 Å². The fraction of sp³-hybridized carbons (Fsp3) is 0.579. The molecule has 2 amide bonds. The summed E-state index contributed by atoms with van der Waals surface area (Å²) < 4.78 is 0. The lowest BCUT2D eigenvalue weighted by molar-refractivity contribution is 0.150. The second-order valence-electron chi connectivity index (χ2n) is 6.90. The van der Waals surface area contributed by atoms with Crippen LogP contribution in [0.4, 0.5) is 4.79 Å². The zero-order valence-corrected chi connectivity index (χ0v) is 15.2. The van der Waals surface area contributed by atoms with E-state index in [0.29, 0.717) is 6.54 Å². The van der Waals surface area contributed by atoms with Gasteiger partial charge in [0.05, 0.1) is 12.8 Å². The molecule has 2 fully saturated rings. The number of hydrazone groups is 1. The van der Waals surface area contributed by atoms with Crippen LogP contribution in [0.1, 0.15) is 18.4 Å². The van der Waals surface area contributed by atoms with E-state index in [-0.39, 0.29) is 6.03 Å². The van der Waals surface area contributed by atoms with E-state index in [0.717, 1.165) is 38.0 Å². The lowest BCUT2D eigenvalue weighted by Crippen LogP contribution is -2.44. The molecular weight excluding hydrogens is 314 g/mol. The van der Waals surface area contributed by atoms with Gasteiger partial charge in [-0.25, -0.2) is 9.80 Å². The lowest BCUT2D eigenvalue weighted by Gasteiger charge is -2.32. The van der Waals surface area contributed by atoms with Gasteiger partial charge in [-0.15, -0.1) is 0 Å². The first-order valence-corrected chi connectivity index (χ1v) is 9.29. The topological polar surface area (TPSA) is 42.4 Å². The molecule has 2 heterocycles. The molecule has 0 radical (unpaired) electrons. The first kappa shape index (κ1) is 17.9. The molecule has 1 aromatic carbocycles. The maximum absolute atomic E-state index is 12.4. The summed E-state index contributed by atoms with van der Waals surface area (Å²) in [5, 5.41) is 5.91. The van der Waals surface area contributed by atoms with E-state index < -0.39 is 0 Å². The fourth-order valence-electron chi connectivity index (χ4n) is 3.27. The van der Waals surface area contributed by atoms with Crippen LogP contribution >= 0.6 is 0 Å². The highest BCUT2D eigenvalue weighted by atomic mass is 16.2. The largest absolute Gasteiger partial charge is 0.340 e. The number of piperazine rings is 1. The molecule has 6 nitrogen and oxygen atoms in total. The average molecular weight is 343 g/mol. The minimum atomic E-state index is 0.0341. The van der Waals surface area contributed by atoms with Gasteiger partial charge in [-0.05, 0) is 32.0 Å². The summed E-state index contributed by atoms with van der Waals surface area (Å²) in [6.45, 7) is 8.11. The van der Waals surface area contributed by atoms with Gasteiger partial charge in [0.25, 0.3) is 0 Å². The summed E-state index contributed by atoms with van der Waals surface area (Å²) in [7, 11) is 2.18. The van der Waals surface area contributed by atoms with Gasteiger partial charge >= 0.3 is 6.03 Å². The number of carbonyl (C=O) groups excluding carboxylic acids is 1. The molecule has 2 saturated heterocycles. The number of rotatable bonds is 7. The first-order chi connectivity index (χ1) is 12.2. The Labute approximate surface area is 150 Å². The van der Waals surface area contributed by atoms with E-state index in [2.05, 4.69) is 21.9 Å². The molecule has 0 unspecified atom stereocenters. The van der Waals surface area contributed by atoms with Crippen LogP contribution in [-0.2, 0) is 0 Å². The molecule has 25 heavy (non-hydrogen) atoms. The molecule has 1 aromatic rings. The second-order valence-corrected chi connectivity index (χ2v) is 6.90. The number of benzene rings is 1. The van der Waals surface area contributed by atoms with Crippen LogP contribution in [0.25, 0.3) is 0 Å². The standard InChI is InChI=1S/C19H29N5O/c1-21-11-13-22(14-12-21)9-5-6-10-23-15-16-24(19(23)25)20-17-18-7-3-2-4-8-18/h2-4,7-8,17H,5-6,9-16H2,1H3. The van der Waals surface area contributed by atoms with Crippen molar-refractivity contribution in [3.63, 3.8) is 0 Å². The van der Waals surface area contributed by atoms with Crippen LogP contribution in [-0.4, -0.2) is 91.4 Å². The predicted molar refractivity (Wildman–Crippen MR) is 101 cm³/mol. The van der Waals surface area contributed by atoms with Gasteiger partial charge < -0.3 is 14.7 Å². The molecule has 0 aliphatic carbocycles. The quantitative estimate of drug-likeness (QED) is 0.560. The smallest absolute Gasteiger partial charge is 0.321 e. The van der Waals surface area contributed by atoms with Gasteiger partial charge in [-0.3, -0.25) is 0 Å². The molecule has 0 N–H and O–H groups in total. The summed E-state index contributed by atoms with van der Waals surface area (Å²) >= 11 is 0. The zero-order chi connectivity index (χ0) is 17.5. The Kier molecular flexibility index (Phi) is 6.42. The molecule has 6 heteroatoms. The second kappa shape index (κ2) is 8.97. The van der Waals surface area contributed by atoms with E-state index >= 15 is 0 Å². The number of likely N-dealkylation sites (N-methyl/N-ethyl adjacent to an activating group) is 1. The Morgan fingerprint density at radius 2 is 1.68 bits per heavy atom. The molecule has 0 aromatic heterocycles. The fourth-order valence-corrected chi connectivity index (χ4v) is 3.27. The maximum Gasteiger partial charge on any atom is 0.340 e. The number of urea groups is 1. The highest BCUT2D eigenvalue weighted by molar-refractivity contribution is 5.82. The zero-order valence-electron chi connectivity index (χ0n) is 15.2. The number of hydrogen-bond acceptors (Lipinski definition) is 4. The summed E-state index contributed by atoms with van der Waals surface area (Å²) in [5.74, 6) is 0. The number of carbonyl (C=O) groups is 1. The molecule has 0 atom stereocenters. The van der Waals surface area contributed by atoms with Crippen LogP contribution in [0.3, 0.4) is 0 Å². The predicted octanol–water partition coefficient (Wildman–Crippen LogP) is 1.79. The average Bonchev–Trinajstić information content (AvgIpc) is 2.99. The number of hydrogen-bond donors (Lipinski definition) is 0. The molecule has 2 aliphatic rings. The van der Waals surface area contributed by atoms with Crippen molar-refractivity contribution in [1.82, 2.24) is 19.7 Å². The minimum absolute atomic E-state index is 0.0341. The normalized spacial score (nSPS) is 20.1. The third-order valence-corrected chi connectivity index (χ3v) is 4.97. The Morgan fingerprint density at radius 3 is 2.44 bits per heavy atom. The van der Waals surface area contributed by atoms with Gasteiger partial charge in [0.2, 0.25) is 0 Å². The Hall–Kier alpha value is -1.92. The Morgan fingerprint density at radius 1 is 0.960 bits per heavy atom. The molecule has 136 valence electrons. The number of unbranched alkanes of at least 4 members (excludes halogenated alkanes) is 1. The van der Waals surface area contributed by atoms with Crippen LogP contribution in [0, 0.1) is 0 Å². The van der Waals surface area contributed by atoms with Crippen molar-refractivity contribution < 1.29 is 4.79 Å². The third-order valence-electron chi connectivity index (χ3n) is 4.97. The van der Waals surface area contributed by atoms with Crippen molar-refractivity contribution in [2.75, 3.05) is 59.4 Å². The van der Waals surface area contributed by atoms with Crippen LogP contribution < -0.4 is 0 Å². The minimum Gasteiger partial charge on any atom is -0.321 e. The van der Waals surface area contributed by atoms with Crippen molar-refractivity contribution in [2.45, 2.75) is 12.8 Å². The van der Waals surface area contributed by atoms with Crippen molar-refractivity contribution in [3.05, 3.63) is 35.9 Å². The molecule has 3 rings (SSSR count). The van der Waals surface area contributed by atoms with Gasteiger partial charge in [-0.1, -0.05) is 30.3 Å². The summed E-state index contributed by atoms with van der Waals surface area (Å²) in [6.07, 6.45) is 3.98. The van der Waals surface area contributed by atoms with Crippen LogP contribution in [0.2, 0.25) is 0 Å². The summed E-state index contributed by atoms with van der Waals surface area (Å²) in [6, 6.07) is 9.93. The molecule has 0 bridgehead atoms. The summed E-state index contributed by atoms with van der Waals surface area (Å²) in [5.41, 5.74) is 1.01.